The van der Waals surface area contributed by atoms with Crippen LogP contribution >= 0.6 is 11.6 Å². The summed E-state index contributed by atoms with van der Waals surface area (Å²) in [7, 11) is 1.52. The Balaban J connectivity index is 1.38. The molecule has 0 spiro atoms. The van der Waals surface area contributed by atoms with Gasteiger partial charge < -0.3 is 29.7 Å². The summed E-state index contributed by atoms with van der Waals surface area (Å²) in [6.07, 6.45) is 3.13. The van der Waals surface area contributed by atoms with Crippen LogP contribution in [0.25, 0.3) is 0 Å². The number of amides is 3. The van der Waals surface area contributed by atoms with Crippen LogP contribution in [0.5, 0.6) is 17.2 Å². The van der Waals surface area contributed by atoms with Crippen LogP contribution in [0.2, 0.25) is 5.02 Å². The number of halogens is 1. The Kier molecular flexibility index (Phi) is 8.35. The number of ether oxygens (including phenoxy) is 3. The zero-order valence-electron chi connectivity index (χ0n) is 21.9. The number of pyridine rings is 1. The molecule has 1 fully saturated rings. The van der Waals surface area contributed by atoms with Gasteiger partial charge in [0.2, 0.25) is 5.91 Å². The van der Waals surface area contributed by atoms with Gasteiger partial charge in [0, 0.05) is 31.9 Å². The topological polar surface area (TPSA) is 119 Å². The number of hydrogen-bond acceptors (Lipinski definition) is 7. The van der Waals surface area contributed by atoms with Crippen LogP contribution in [0.3, 0.4) is 0 Å². The van der Waals surface area contributed by atoms with Gasteiger partial charge in [-0.25, -0.2) is 0 Å². The summed E-state index contributed by atoms with van der Waals surface area (Å²) in [5.74, 6) is 0.795. The monoisotopic (exact) mass is 564 g/mol. The third kappa shape index (κ3) is 6.45. The summed E-state index contributed by atoms with van der Waals surface area (Å²) in [5, 5.41) is 6.16. The molecule has 3 amide bonds. The van der Waals surface area contributed by atoms with Crippen LogP contribution < -0.4 is 24.8 Å². The van der Waals surface area contributed by atoms with Gasteiger partial charge >= 0.3 is 0 Å². The van der Waals surface area contributed by atoms with Crippen molar-refractivity contribution in [1.29, 1.82) is 0 Å². The van der Waals surface area contributed by atoms with E-state index in [1.165, 1.54) is 19.5 Å². The van der Waals surface area contributed by atoms with E-state index < -0.39 is 12.1 Å². The molecule has 1 saturated heterocycles. The molecule has 5 aliphatic rings. The van der Waals surface area contributed by atoms with Crippen molar-refractivity contribution in [2.45, 2.75) is 31.5 Å². The van der Waals surface area contributed by atoms with Crippen molar-refractivity contribution in [2.75, 3.05) is 26.8 Å². The van der Waals surface area contributed by atoms with E-state index in [1.54, 1.807) is 35.2 Å². The molecule has 6 heterocycles. The minimum atomic E-state index is -0.485. The number of carbonyl (C=O) groups is 3. The fourth-order valence-electron chi connectivity index (χ4n) is 4.70. The Morgan fingerprint density at radius 1 is 1.05 bits per heavy atom. The fraction of sp³-hybridized carbons (Fsp3) is 0.310. The van der Waals surface area contributed by atoms with Crippen molar-refractivity contribution >= 4 is 29.3 Å². The summed E-state index contributed by atoms with van der Waals surface area (Å²) < 4.78 is 17.4. The number of carbonyl (C=O) groups excluding carboxylic acids is 3. The van der Waals surface area contributed by atoms with Gasteiger partial charge in [-0.3, -0.25) is 19.4 Å². The molecule has 208 valence electrons. The number of benzene rings is 2. The van der Waals surface area contributed by atoms with E-state index in [9.17, 15) is 14.4 Å². The Morgan fingerprint density at radius 3 is 2.62 bits per heavy atom. The van der Waals surface area contributed by atoms with Gasteiger partial charge in [-0.15, -0.1) is 0 Å². The lowest BCUT2D eigenvalue weighted by molar-refractivity contribution is -0.123. The van der Waals surface area contributed by atoms with Gasteiger partial charge in [-0.05, 0) is 47.9 Å². The number of aromatic nitrogens is 1. The molecule has 10 nitrogen and oxygen atoms in total. The van der Waals surface area contributed by atoms with Gasteiger partial charge in [0.15, 0.2) is 18.1 Å². The van der Waals surface area contributed by atoms with E-state index in [2.05, 4.69) is 15.6 Å². The Labute approximate surface area is 236 Å². The van der Waals surface area contributed by atoms with Crippen molar-refractivity contribution < 1.29 is 28.6 Å². The molecule has 1 aromatic heterocycles. The lowest BCUT2D eigenvalue weighted by Crippen LogP contribution is -2.45. The molecule has 40 heavy (non-hydrogen) atoms. The van der Waals surface area contributed by atoms with E-state index >= 15 is 0 Å². The van der Waals surface area contributed by atoms with E-state index in [-0.39, 0.29) is 48.9 Å². The molecule has 3 aromatic rings. The first kappa shape index (κ1) is 27.3. The first-order valence-corrected chi connectivity index (χ1v) is 13.3. The van der Waals surface area contributed by atoms with Crippen molar-refractivity contribution in [3.05, 3.63) is 82.6 Å². The number of rotatable bonds is 2. The van der Waals surface area contributed by atoms with E-state index in [1.807, 2.05) is 18.2 Å². The summed E-state index contributed by atoms with van der Waals surface area (Å²) in [5.41, 5.74) is 2.09. The van der Waals surface area contributed by atoms with E-state index in [0.29, 0.717) is 35.8 Å². The maximum atomic E-state index is 13.3. The Hall–Kier alpha value is -4.31. The average Bonchev–Trinajstić information content (AvgIpc) is 3.35. The van der Waals surface area contributed by atoms with E-state index in [0.717, 1.165) is 11.1 Å². The largest absolute Gasteiger partial charge is 0.493 e. The van der Waals surface area contributed by atoms with Crippen LogP contribution in [-0.2, 0) is 22.6 Å². The van der Waals surface area contributed by atoms with Crippen molar-refractivity contribution in [3.63, 3.8) is 0 Å². The highest BCUT2D eigenvalue weighted by Crippen LogP contribution is 2.29. The predicted molar refractivity (Wildman–Crippen MR) is 147 cm³/mol. The Morgan fingerprint density at radius 2 is 1.85 bits per heavy atom. The fourth-order valence-corrected chi connectivity index (χ4v) is 4.90. The van der Waals surface area contributed by atoms with Crippen molar-refractivity contribution in [1.82, 2.24) is 20.5 Å². The highest BCUT2D eigenvalue weighted by molar-refractivity contribution is 6.33. The molecular formula is C29H29ClN4O6. The normalized spacial score (nSPS) is 19.6. The second-order valence-corrected chi connectivity index (χ2v) is 10.00. The predicted octanol–water partition coefficient (Wildman–Crippen LogP) is 2.77. The molecule has 0 aliphatic carbocycles. The third-order valence-corrected chi connectivity index (χ3v) is 7.13. The second kappa shape index (κ2) is 12.3. The van der Waals surface area contributed by atoms with Crippen molar-refractivity contribution in [2.24, 2.45) is 0 Å². The van der Waals surface area contributed by atoms with Gasteiger partial charge in [0.25, 0.3) is 11.8 Å². The molecule has 2 N–H and O–H groups in total. The Bertz CT molecular complexity index is 1400. The molecule has 5 aliphatic heterocycles. The summed E-state index contributed by atoms with van der Waals surface area (Å²) in [4.78, 5) is 44.2. The number of methoxy groups -OCH3 is 1. The van der Waals surface area contributed by atoms with E-state index in [4.69, 9.17) is 25.8 Å². The quantitative estimate of drug-likeness (QED) is 0.491. The molecule has 8 rings (SSSR count). The number of nitrogens with one attached hydrogen (secondary N) is 2. The van der Waals surface area contributed by atoms with Gasteiger partial charge in [0.05, 0.1) is 30.3 Å². The number of hydrogen-bond donors (Lipinski definition) is 2. The van der Waals surface area contributed by atoms with Crippen LogP contribution in [0.4, 0.5) is 0 Å². The SMILES string of the molecule is COc1cc2ccc1OCC(=O)NCc1ccc(cc1)O[C@H]1CN(C(=O)c3ccncc3Cl)C[C@@H]1NC(=O)CC2. The number of aryl methyl sites for hydroxylation is 1. The number of likely N-dealkylation sites (tertiary alicyclic amines) is 1. The second-order valence-electron chi connectivity index (χ2n) is 9.59. The molecule has 0 unspecified atom stereocenters. The standard InChI is InChI=1S/C29H29ClN4O6/c1-38-25-12-18-4-8-24(25)39-17-28(36)32-13-19-2-6-20(7-3-19)40-26-16-34(15-23(26)33-27(35)9-5-18)29(37)21-10-11-31-14-22(21)30/h2-4,6-8,10-12,14,23,26H,5,9,13,15-17H2,1H3,(H,32,36)(H,33,35)/t23-,26-/m0/s1. The maximum absolute atomic E-state index is 13.3. The zero-order chi connectivity index (χ0) is 28.1. The van der Waals surface area contributed by atoms with Crippen molar-refractivity contribution in [3.8, 4) is 17.2 Å². The minimum Gasteiger partial charge on any atom is -0.493 e. The lowest BCUT2D eigenvalue weighted by Gasteiger charge is -2.21. The first-order chi connectivity index (χ1) is 19.4. The molecular weight excluding hydrogens is 536 g/mol. The molecule has 2 aromatic carbocycles. The molecule has 2 atom stereocenters. The highest BCUT2D eigenvalue weighted by Gasteiger charge is 2.38. The summed E-state index contributed by atoms with van der Waals surface area (Å²) in [6.45, 7) is 0.675. The van der Waals surface area contributed by atoms with Gasteiger partial charge in [-0.2, -0.15) is 0 Å². The summed E-state index contributed by atoms with van der Waals surface area (Å²) >= 11 is 6.23. The van der Waals surface area contributed by atoms with Gasteiger partial charge in [-0.1, -0.05) is 29.8 Å². The first-order valence-electron chi connectivity index (χ1n) is 12.9. The third-order valence-electron chi connectivity index (χ3n) is 6.83. The molecule has 11 heteroatoms. The smallest absolute Gasteiger partial charge is 0.258 e. The van der Waals surface area contributed by atoms with Gasteiger partial charge in [0.1, 0.15) is 11.9 Å². The maximum Gasteiger partial charge on any atom is 0.258 e. The van der Waals surface area contributed by atoms with Crippen LogP contribution in [0, 0.1) is 0 Å². The number of nitrogens with zero attached hydrogens (tertiary/aromatic N) is 2. The van der Waals surface area contributed by atoms with Crippen LogP contribution in [0.15, 0.2) is 60.9 Å². The van der Waals surface area contributed by atoms with Crippen LogP contribution in [-0.4, -0.2) is 66.6 Å². The molecule has 0 saturated carbocycles. The summed E-state index contributed by atoms with van der Waals surface area (Å²) in [6, 6.07) is 13.8. The molecule has 4 bridgehead atoms. The minimum absolute atomic E-state index is 0.164. The molecule has 0 radical (unpaired) electrons. The highest BCUT2D eigenvalue weighted by atomic mass is 35.5. The lowest BCUT2D eigenvalue weighted by atomic mass is 10.1. The van der Waals surface area contributed by atoms with Crippen LogP contribution in [0.1, 0.15) is 27.9 Å². The average molecular weight is 565 g/mol. The zero-order valence-corrected chi connectivity index (χ0v) is 22.6.